The number of aliphatic carboxylic acids is 1. The molecule has 0 rings (SSSR count). The van der Waals surface area contributed by atoms with E-state index in [2.05, 4.69) is 6.58 Å². The second-order valence-corrected chi connectivity index (χ2v) is 3.55. The molecule has 0 fully saturated rings. The molecule has 0 aromatic carbocycles. The van der Waals surface area contributed by atoms with Crippen LogP contribution in [0, 0.1) is 0 Å². The van der Waals surface area contributed by atoms with Crippen LogP contribution < -0.4 is 0 Å². The van der Waals surface area contributed by atoms with E-state index in [4.69, 9.17) is 5.11 Å². The Morgan fingerprint density at radius 2 is 1.75 bits per heavy atom. The Morgan fingerprint density at radius 1 is 1.31 bits per heavy atom. The predicted molar refractivity (Wildman–Crippen MR) is 52.0 cm³/mol. The molecule has 0 aliphatic carbocycles. The molecular weight excluding hydrogens is 220 g/mol. The molecule has 16 heavy (non-hydrogen) atoms. The highest BCUT2D eigenvalue weighted by Gasteiger charge is 2.52. The van der Waals surface area contributed by atoms with Crippen molar-refractivity contribution in [1.82, 2.24) is 0 Å². The standard InChI is InChI=1S/C9H16O7/c1-3-6(10)9(15,16)8(13,14)4-5(2)7(11)12/h6,10,13-16H,2-4H2,1H3,(H,11,12). The van der Waals surface area contributed by atoms with E-state index in [1.807, 2.05) is 0 Å². The molecule has 0 heterocycles. The van der Waals surface area contributed by atoms with Crippen LogP contribution in [0.25, 0.3) is 0 Å². The van der Waals surface area contributed by atoms with E-state index in [-0.39, 0.29) is 6.42 Å². The Kier molecular flexibility index (Phi) is 4.59. The summed E-state index contributed by atoms with van der Waals surface area (Å²) in [5.41, 5.74) is -0.624. The number of carbonyl (C=O) groups is 1. The van der Waals surface area contributed by atoms with Crippen molar-refractivity contribution in [3.05, 3.63) is 12.2 Å². The van der Waals surface area contributed by atoms with Gasteiger partial charge in [-0.15, -0.1) is 0 Å². The second-order valence-electron chi connectivity index (χ2n) is 3.55. The maximum Gasteiger partial charge on any atom is 0.331 e. The lowest BCUT2D eigenvalue weighted by Gasteiger charge is -2.37. The molecule has 0 aromatic rings. The van der Waals surface area contributed by atoms with E-state index in [1.54, 1.807) is 0 Å². The zero-order valence-electron chi connectivity index (χ0n) is 8.79. The van der Waals surface area contributed by atoms with Gasteiger partial charge in [0.25, 0.3) is 0 Å². The number of carboxylic acids is 1. The van der Waals surface area contributed by atoms with Crippen LogP contribution >= 0.6 is 0 Å². The highest BCUT2D eigenvalue weighted by atomic mass is 16.6. The molecular formula is C9H16O7. The smallest absolute Gasteiger partial charge is 0.331 e. The minimum atomic E-state index is -3.24. The van der Waals surface area contributed by atoms with Crippen LogP contribution in [0.3, 0.4) is 0 Å². The first-order valence-electron chi connectivity index (χ1n) is 4.55. The molecule has 1 unspecified atom stereocenters. The Labute approximate surface area is 91.9 Å². The SMILES string of the molecule is C=C(CC(O)(O)C(O)(O)C(O)CC)C(=O)O. The maximum atomic E-state index is 10.4. The van der Waals surface area contributed by atoms with Crippen LogP contribution in [-0.2, 0) is 4.79 Å². The number of rotatable bonds is 6. The molecule has 0 radical (unpaired) electrons. The van der Waals surface area contributed by atoms with E-state index in [1.165, 1.54) is 6.92 Å². The summed E-state index contributed by atoms with van der Waals surface area (Å²) in [6.07, 6.45) is -2.99. The van der Waals surface area contributed by atoms with Crippen molar-refractivity contribution < 1.29 is 35.4 Å². The summed E-state index contributed by atoms with van der Waals surface area (Å²) in [7, 11) is 0. The number of hydrogen-bond acceptors (Lipinski definition) is 6. The molecule has 1 atom stereocenters. The van der Waals surface area contributed by atoms with Crippen molar-refractivity contribution in [3.63, 3.8) is 0 Å². The van der Waals surface area contributed by atoms with Gasteiger partial charge in [-0.2, -0.15) is 0 Å². The number of aliphatic hydroxyl groups excluding tert-OH is 1. The van der Waals surface area contributed by atoms with Crippen LogP contribution in [0.2, 0.25) is 0 Å². The van der Waals surface area contributed by atoms with Gasteiger partial charge in [0, 0.05) is 12.0 Å². The average molecular weight is 236 g/mol. The summed E-state index contributed by atoms with van der Waals surface area (Å²) in [4.78, 5) is 10.4. The molecule has 0 saturated carbocycles. The fourth-order valence-electron chi connectivity index (χ4n) is 1.05. The third-order valence-corrected chi connectivity index (χ3v) is 2.20. The van der Waals surface area contributed by atoms with E-state index >= 15 is 0 Å². The molecule has 0 amide bonds. The van der Waals surface area contributed by atoms with Crippen LogP contribution in [0.15, 0.2) is 12.2 Å². The van der Waals surface area contributed by atoms with Gasteiger partial charge in [0.1, 0.15) is 6.10 Å². The summed E-state index contributed by atoms with van der Waals surface area (Å²) < 4.78 is 0. The minimum Gasteiger partial charge on any atom is -0.478 e. The quantitative estimate of drug-likeness (QED) is 0.235. The third kappa shape index (κ3) is 3.00. The van der Waals surface area contributed by atoms with Crippen LogP contribution in [0.4, 0.5) is 0 Å². The Balaban J connectivity index is 4.90. The summed E-state index contributed by atoms with van der Waals surface area (Å²) in [6.45, 7) is 4.40. The van der Waals surface area contributed by atoms with Crippen molar-refractivity contribution in [1.29, 1.82) is 0 Å². The van der Waals surface area contributed by atoms with E-state index in [9.17, 15) is 30.3 Å². The highest BCUT2D eigenvalue weighted by molar-refractivity contribution is 5.85. The zero-order valence-corrected chi connectivity index (χ0v) is 8.79. The van der Waals surface area contributed by atoms with Gasteiger partial charge in [-0.1, -0.05) is 13.5 Å². The third-order valence-electron chi connectivity index (χ3n) is 2.20. The molecule has 94 valence electrons. The van der Waals surface area contributed by atoms with Gasteiger partial charge >= 0.3 is 5.97 Å². The number of carboxylic acid groups (broad SMARTS) is 1. The number of hydrogen-bond donors (Lipinski definition) is 6. The van der Waals surface area contributed by atoms with E-state index in [0.29, 0.717) is 0 Å². The van der Waals surface area contributed by atoms with Crippen molar-refractivity contribution >= 4 is 5.97 Å². The lowest BCUT2D eigenvalue weighted by atomic mass is 9.92. The first-order chi connectivity index (χ1) is 7.06. The minimum absolute atomic E-state index is 0.157. The van der Waals surface area contributed by atoms with Crippen LogP contribution in [0.1, 0.15) is 19.8 Å². The van der Waals surface area contributed by atoms with E-state index < -0.39 is 35.6 Å². The van der Waals surface area contributed by atoms with Crippen molar-refractivity contribution in [3.8, 4) is 0 Å². The molecule has 7 nitrogen and oxygen atoms in total. The van der Waals surface area contributed by atoms with Gasteiger partial charge in [-0.3, -0.25) is 0 Å². The number of aliphatic hydroxyl groups is 5. The summed E-state index contributed by atoms with van der Waals surface area (Å²) in [5.74, 6) is -7.94. The molecule has 0 aliphatic heterocycles. The second kappa shape index (κ2) is 4.89. The summed E-state index contributed by atoms with van der Waals surface area (Å²) in [5, 5.41) is 54.9. The first kappa shape index (κ1) is 15.0. The highest BCUT2D eigenvalue weighted by Crippen LogP contribution is 2.28. The molecule has 0 aromatic heterocycles. The van der Waals surface area contributed by atoms with Crippen molar-refractivity contribution in [2.24, 2.45) is 0 Å². The molecule has 0 spiro atoms. The van der Waals surface area contributed by atoms with Gasteiger partial charge in [0.05, 0.1) is 0 Å². The van der Waals surface area contributed by atoms with E-state index in [0.717, 1.165) is 0 Å². The lowest BCUT2D eigenvalue weighted by molar-refractivity contribution is -0.383. The maximum absolute atomic E-state index is 10.4. The normalized spacial score (nSPS) is 14.6. The molecule has 0 aliphatic rings. The van der Waals surface area contributed by atoms with Gasteiger partial charge in [-0.25, -0.2) is 4.79 Å². The molecule has 6 N–H and O–H groups in total. The Bertz CT molecular complexity index is 282. The largest absolute Gasteiger partial charge is 0.478 e. The monoisotopic (exact) mass is 236 g/mol. The zero-order chi connectivity index (χ0) is 13.1. The first-order valence-corrected chi connectivity index (χ1v) is 4.55. The summed E-state index contributed by atoms with van der Waals surface area (Å²) >= 11 is 0. The molecule has 0 saturated heterocycles. The van der Waals surface area contributed by atoms with Gasteiger partial charge in [-0.05, 0) is 6.42 Å². The topological polar surface area (TPSA) is 138 Å². The van der Waals surface area contributed by atoms with Crippen molar-refractivity contribution in [2.75, 3.05) is 0 Å². The summed E-state index contributed by atoms with van der Waals surface area (Å²) in [6, 6.07) is 0. The Morgan fingerprint density at radius 3 is 2.06 bits per heavy atom. The fourth-order valence-corrected chi connectivity index (χ4v) is 1.05. The molecule has 7 heteroatoms. The molecule has 0 bridgehead atoms. The van der Waals surface area contributed by atoms with Crippen LogP contribution in [-0.4, -0.2) is 54.3 Å². The average Bonchev–Trinajstić information content (AvgIpc) is 2.15. The van der Waals surface area contributed by atoms with Crippen molar-refractivity contribution in [2.45, 2.75) is 37.4 Å². The Hall–Kier alpha value is -0.990. The predicted octanol–water partition coefficient (Wildman–Crippen LogP) is -1.85. The fraction of sp³-hybridized carbons (Fsp3) is 0.667. The van der Waals surface area contributed by atoms with Crippen LogP contribution in [0.5, 0.6) is 0 Å². The van der Waals surface area contributed by atoms with Gasteiger partial charge in [0.2, 0.25) is 11.6 Å². The lowest BCUT2D eigenvalue weighted by Crippen LogP contribution is -2.61. The van der Waals surface area contributed by atoms with Gasteiger partial charge < -0.3 is 30.6 Å². The van der Waals surface area contributed by atoms with Gasteiger partial charge in [0.15, 0.2) is 0 Å².